The first-order valence-corrected chi connectivity index (χ1v) is 6.28. The number of aryl methyl sites for hydroxylation is 1. The van der Waals surface area contributed by atoms with E-state index in [4.69, 9.17) is 5.73 Å². The highest BCUT2D eigenvalue weighted by molar-refractivity contribution is 7.09. The molecule has 2 atom stereocenters. The van der Waals surface area contributed by atoms with Crippen molar-refractivity contribution in [2.45, 2.75) is 38.1 Å². The zero-order valence-corrected chi connectivity index (χ0v) is 9.31. The number of hydrogen-bond acceptors (Lipinski definition) is 3. The highest BCUT2D eigenvalue weighted by Crippen LogP contribution is 2.60. The molecule has 1 aromatic heterocycles. The zero-order valence-electron chi connectivity index (χ0n) is 8.49. The lowest BCUT2D eigenvalue weighted by Gasteiger charge is -2.13. The van der Waals surface area contributed by atoms with Crippen molar-refractivity contribution in [1.29, 1.82) is 0 Å². The molecule has 2 aliphatic rings. The van der Waals surface area contributed by atoms with E-state index in [9.17, 15) is 0 Å². The number of rotatable bonds is 2. The van der Waals surface area contributed by atoms with E-state index in [0.717, 1.165) is 23.3 Å². The lowest BCUT2D eigenvalue weighted by Crippen LogP contribution is -2.31. The van der Waals surface area contributed by atoms with Gasteiger partial charge in [-0.25, -0.2) is 4.98 Å². The van der Waals surface area contributed by atoms with Gasteiger partial charge >= 0.3 is 0 Å². The van der Waals surface area contributed by atoms with E-state index in [2.05, 4.69) is 17.3 Å². The summed E-state index contributed by atoms with van der Waals surface area (Å²) in [5.41, 5.74) is 7.74. The second kappa shape index (κ2) is 2.80. The Kier molecular flexibility index (Phi) is 1.77. The van der Waals surface area contributed by atoms with Crippen molar-refractivity contribution in [1.82, 2.24) is 4.98 Å². The second-order valence-electron chi connectivity index (χ2n) is 4.79. The van der Waals surface area contributed by atoms with Gasteiger partial charge in [-0.15, -0.1) is 11.3 Å². The molecule has 3 rings (SSSR count). The van der Waals surface area contributed by atoms with Crippen LogP contribution in [0.3, 0.4) is 0 Å². The normalized spacial score (nSPS) is 39.9. The SMILES string of the molecule is Cc1nc(CC2(N)C3CCCC32)cs1. The Hall–Kier alpha value is -0.410. The van der Waals surface area contributed by atoms with E-state index in [1.54, 1.807) is 11.3 Å². The highest BCUT2D eigenvalue weighted by Gasteiger charge is 2.63. The minimum absolute atomic E-state index is 0.124. The van der Waals surface area contributed by atoms with Crippen molar-refractivity contribution in [2.24, 2.45) is 17.6 Å². The van der Waals surface area contributed by atoms with Gasteiger partial charge in [0.15, 0.2) is 0 Å². The van der Waals surface area contributed by atoms with E-state index >= 15 is 0 Å². The van der Waals surface area contributed by atoms with E-state index < -0.39 is 0 Å². The maximum atomic E-state index is 6.40. The molecule has 0 aromatic carbocycles. The summed E-state index contributed by atoms with van der Waals surface area (Å²) in [5.74, 6) is 1.62. The summed E-state index contributed by atoms with van der Waals surface area (Å²) in [7, 11) is 0. The lowest BCUT2D eigenvalue weighted by atomic mass is 10.0. The molecule has 2 aliphatic carbocycles. The van der Waals surface area contributed by atoms with Crippen molar-refractivity contribution in [2.75, 3.05) is 0 Å². The van der Waals surface area contributed by atoms with Crippen LogP contribution in [0.5, 0.6) is 0 Å². The summed E-state index contributed by atoms with van der Waals surface area (Å²) >= 11 is 1.73. The van der Waals surface area contributed by atoms with E-state index in [1.807, 2.05) is 0 Å². The van der Waals surface area contributed by atoms with Crippen LogP contribution in [-0.2, 0) is 6.42 Å². The molecule has 76 valence electrons. The first-order chi connectivity index (χ1) is 6.70. The third-order valence-electron chi connectivity index (χ3n) is 3.94. The van der Waals surface area contributed by atoms with Crippen LogP contribution in [0.2, 0.25) is 0 Å². The maximum Gasteiger partial charge on any atom is 0.0897 e. The highest BCUT2D eigenvalue weighted by atomic mass is 32.1. The summed E-state index contributed by atoms with van der Waals surface area (Å²) in [4.78, 5) is 4.50. The smallest absolute Gasteiger partial charge is 0.0897 e. The van der Waals surface area contributed by atoms with E-state index in [0.29, 0.717) is 0 Å². The summed E-state index contributed by atoms with van der Waals surface area (Å²) < 4.78 is 0. The average Bonchev–Trinajstić information content (AvgIpc) is 2.64. The van der Waals surface area contributed by atoms with Crippen LogP contribution in [0.1, 0.15) is 30.0 Å². The van der Waals surface area contributed by atoms with E-state index in [1.165, 1.54) is 25.0 Å². The number of nitrogens with zero attached hydrogens (tertiary/aromatic N) is 1. The number of aromatic nitrogens is 1. The molecule has 1 heterocycles. The molecule has 0 amide bonds. The quantitative estimate of drug-likeness (QED) is 0.808. The summed E-state index contributed by atoms with van der Waals surface area (Å²) in [6.07, 6.45) is 5.10. The largest absolute Gasteiger partial charge is 0.324 e. The molecule has 2 unspecified atom stereocenters. The van der Waals surface area contributed by atoms with Crippen molar-refractivity contribution in [3.63, 3.8) is 0 Å². The fourth-order valence-corrected chi connectivity index (χ4v) is 3.80. The van der Waals surface area contributed by atoms with Gasteiger partial charge in [0.25, 0.3) is 0 Å². The molecule has 0 bridgehead atoms. The van der Waals surface area contributed by atoms with Crippen molar-refractivity contribution in [3.8, 4) is 0 Å². The minimum Gasteiger partial charge on any atom is -0.324 e. The minimum atomic E-state index is 0.124. The Morgan fingerprint density at radius 2 is 2.29 bits per heavy atom. The van der Waals surface area contributed by atoms with Crippen molar-refractivity contribution >= 4 is 11.3 Å². The monoisotopic (exact) mass is 208 g/mol. The topological polar surface area (TPSA) is 38.9 Å². The van der Waals surface area contributed by atoms with Gasteiger partial charge in [-0.05, 0) is 31.6 Å². The van der Waals surface area contributed by atoms with Gasteiger partial charge in [0.2, 0.25) is 0 Å². The van der Waals surface area contributed by atoms with Gasteiger partial charge < -0.3 is 5.73 Å². The molecule has 0 radical (unpaired) electrons. The average molecular weight is 208 g/mol. The molecule has 1 aromatic rings. The molecule has 3 heteroatoms. The maximum absolute atomic E-state index is 6.40. The van der Waals surface area contributed by atoms with Crippen LogP contribution in [0.25, 0.3) is 0 Å². The van der Waals surface area contributed by atoms with Gasteiger partial charge in [0.1, 0.15) is 0 Å². The molecule has 2 saturated carbocycles. The Bertz CT molecular complexity index is 348. The fraction of sp³-hybridized carbons (Fsp3) is 0.727. The van der Waals surface area contributed by atoms with Crippen LogP contribution in [0, 0.1) is 18.8 Å². The third-order valence-corrected chi connectivity index (χ3v) is 4.76. The molecule has 2 N–H and O–H groups in total. The fourth-order valence-electron chi connectivity index (χ4n) is 3.19. The standard InChI is InChI=1S/C11H16N2S/c1-7-13-8(6-14-7)5-11(12)9-3-2-4-10(9)11/h6,9-10H,2-5,12H2,1H3. The number of hydrogen-bond donors (Lipinski definition) is 1. The van der Waals surface area contributed by atoms with Gasteiger partial charge in [-0.1, -0.05) is 6.42 Å². The number of fused-ring (bicyclic) bond motifs is 1. The molecular formula is C11H16N2S. The first-order valence-electron chi connectivity index (χ1n) is 5.40. The van der Waals surface area contributed by atoms with Gasteiger partial charge in [-0.2, -0.15) is 0 Å². The number of nitrogens with two attached hydrogens (primary N) is 1. The van der Waals surface area contributed by atoms with Gasteiger partial charge in [0.05, 0.1) is 10.7 Å². The molecule has 2 fully saturated rings. The Balaban J connectivity index is 1.74. The first kappa shape index (κ1) is 8.86. The van der Waals surface area contributed by atoms with Gasteiger partial charge in [0, 0.05) is 17.3 Å². The predicted octanol–water partition coefficient (Wildman–Crippen LogP) is 2.12. The van der Waals surface area contributed by atoms with Crippen LogP contribution in [-0.4, -0.2) is 10.5 Å². The summed E-state index contributed by atoms with van der Waals surface area (Å²) in [5, 5.41) is 3.33. The number of thiazole rings is 1. The molecule has 0 spiro atoms. The van der Waals surface area contributed by atoms with Crippen LogP contribution >= 0.6 is 11.3 Å². The van der Waals surface area contributed by atoms with Crippen LogP contribution in [0.4, 0.5) is 0 Å². The Labute approximate surface area is 88.5 Å². The van der Waals surface area contributed by atoms with Crippen LogP contribution in [0.15, 0.2) is 5.38 Å². The Morgan fingerprint density at radius 3 is 2.86 bits per heavy atom. The molecule has 0 aliphatic heterocycles. The van der Waals surface area contributed by atoms with E-state index in [-0.39, 0.29) is 5.54 Å². The predicted molar refractivity (Wildman–Crippen MR) is 58.3 cm³/mol. The molecule has 0 saturated heterocycles. The van der Waals surface area contributed by atoms with Crippen molar-refractivity contribution < 1.29 is 0 Å². The molecule has 2 nitrogen and oxygen atoms in total. The summed E-state index contributed by atoms with van der Waals surface area (Å²) in [6, 6.07) is 0. The molecular weight excluding hydrogens is 192 g/mol. The van der Waals surface area contributed by atoms with Crippen molar-refractivity contribution in [3.05, 3.63) is 16.1 Å². The third kappa shape index (κ3) is 1.15. The molecule has 14 heavy (non-hydrogen) atoms. The van der Waals surface area contributed by atoms with Gasteiger partial charge in [-0.3, -0.25) is 0 Å². The second-order valence-corrected chi connectivity index (χ2v) is 5.85. The lowest BCUT2D eigenvalue weighted by molar-refractivity contribution is 0.497. The van der Waals surface area contributed by atoms with Crippen LogP contribution < -0.4 is 5.73 Å². The Morgan fingerprint density at radius 1 is 1.57 bits per heavy atom. The summed E-state index contributed by atoms with van der Waals surface area (Å²) in [6.45, 7) is 2.06. The zero-order chi connectivity index (χ0) is 9.76.